The molecule has 21 heavy (non-hydrogen) atoms. The van der Waals surface area contributed by atoms with Crippen LogP contribution < -0.4 is 5.32 Å². The zero-order valence-corrected chi connectivity index (χ0v) is 13.1. The predicted octanol–water partition coefficient (Wildman–Crippen LogP) is 1.68. The highest BCUT2D eigenvalue weighted by molar-refractivity contribution is 5.68. The summed E-state index contributed by atoms with van der Waals surface area (Å²) in [5.74, 6) is 0.836. The minimum absolute atomic E-state index is 0.210. The van der Waals surface area contributed by atoms with E-state index in [-0.39, 0.29) is 6.09 Å². The van der Waals surface area contributed by atoms with Crippen LogP contribution in [0.1, 0.15) is 45.9 Å². The Morgan fingerprint density at radius 3 is 2.95 bits per heavy atom. The standard InChI is InChI=1S/C14H25N5O2/c1-14(2,3)21-13(20)19-7-4-5-11(6-8-19)15-9-12-16-10-17-18-12/h10-11,15H,4-9H2,1-3H3,(H,16,17,18). The zero-order chi connectivity index (χ0) is 15.3. The Kier molecular flexibility index (Phi) is 5.17. The minimum Gasteiger partial charge on any atom is -0.444 e. The molecule has 0 radical (unpaired) electrons. The van der Waals surface area contributed by atoms with Gasteiger partial charge in [-0.15, -0.1) is 0 Å². The molecule has 1 aliphatic rings. The number of hydrogen-bond acceptors (Lipinski definition) is 5. The molecule has 1 aromatic heterocycles. The third-order valence-electron chi connectivity index (χ3n) is 3.40. The van der Waals surface area contributed by atoms with Crippen LogP contribution in [0.15, 0.2) is 6.33 Å². The number of aromatic amines is 1. The lowest BCUT2D eigenvalue weighted by atomic mass is 10.1. The maximum atomic E-state index is 12.1. The van der Waals surface area contributed by atoms with Gasteiger partial charge in [0.25, 0.3) is 0 Å². The molecule has 1 aromatic rings. The summed E-state index contributed by atoms with van der Waals surface area (Å²) in [5, 5.41) is 10.1. The topological polar surface area (TPSA) is 83.1 Å². The van der Waals surface area contributed by atoms with Gasteiger partial charge in [0.1, 0.15) is 17.8 Å². The summed E-state index contributed by atoms with van der Waals surface area (Å²) in [7, 11) is 0. The van der Waals surface area contributed by atoms with Gasteiger partial charge in [-0.25, -0.2) is 9.78 Å². The zero-order valence-electron chi connectivity index (χ0n) is 13.1. The molecule has 2 N–H and O–H groups in total. The second kappa shape index (κ2) is 6.89. The van der Waals surface area contributed by atoms with Crippen molar-refractivity contribution < 1.29 is 9.53 Å². The second-order valence-electron chi connectivity index (χ2n) is 6.41. The molecule has 0 spiro atoms. The van der Waals surface area contributed by atoms with Crippen LogP contribution in [0.5, 0.6) is 0 Å². The van der Waals surface area contributed by atoms with Crippen LogP contribution in [0, 0.1) is 0 Å². The Labute approximate surface area is 125 Å². The number of ether oxygens (including phenoxy) is 1. The van der Waals surface area contributed by atoms with Crippen LogP contribution in [0.25, 0.3) is 0 Å². The van der Waals surface area contributed by atoms with E-state index in [4.69, 9.17) is 4.74 Å². The summed E-state index contributed by atoms with van der Waals surface area (Å²) in [6.07, 6.45) is 4.25. The Balaban J connectivity index is 1.77. The summed E-state index contributed by atoms with van der Waals surface area (Å²) in [4.78, 5) is 18.0. The molecule has 0 aliphatic carbocycles. The van der Waals surface area contributed by atoms with Crippen molar-refractivity contribution in [2.45, 2.75) is 58.2 Å². The highest BCUT2D eigenvalue weighted by atomic mass is 16.6. The van der Waals surface area contributed by atoms with Gasteiger partial charge in [-0.1, -0.05) is 0 Å². The van der Waals surface area contributed by atoms with Gasteiger partial charge in [0.15, 0.2) is 0 Å². The van der Waals surface area contributed by atoms with E-state index < -0.39 is 5.60 Å². The monoisotopic (exact) mass is 295 g/mol. The van der Waals surface area contributed by atoms with Crippen LogP contribution in [0.3, 0.4) is 0 Å². The largest absolute Gasteiger partial charge is 0.444 e. The Bertz CT molecular complexity index is 441. The van der Waals surface area contributed by atoms with E-state index in [1.807, 2.05) is 20.8 Å². The molecule has 2 heterocycles. The van der Waals surface area contributed by atoms with E-state index in [0.717, 1.165) is 38.2 Å². The molecule has 1 fully saturated rings. The maximum absolute atomic E-state index is 12.1. The van der Waals surface area contributed by atoms with E-state index in [9.17, 15) is 4.79 Å². The summed E-state index contributed by atoms with van der Waals surface area (Å²) >= 11 is 0. The lowest BCUT2D eigenvalue weighted by Gasteiger charge is -2.26. The van der Waals surface area contributed by atoms with Crippen molar-refractivity contribution in [3.8, 4) is 0 Å². The van der Waals surface area contributed by atoms with Crippen molar-refractivity contribution in [1.82, 2.24) is 25.4 Å². The first-order chi connectivity index (χ1) is 9.94. The van der Waals surface area contributed by atoms with Gasteiger partial charge in [-0.05, 0) is 40.0 Å². The molecular weight excluding hydrogens is 270 g/mol. The number of amides is 1. The lowest BCUT2D eigenvalue weighted by Crippen LogP contribution is -2.38. The summed E-state index contributed by atoms with van der Waals surface area (Å²) in [6.45, 7) is 7.84. The molecule has 2 rings (SSSR count). The first-order valence-electron chi connectivity index (χ1n) is 7.49. The average Bonchev–Trinajstić information content (AvgIpc) is 2.78. The normalized spacial score (nSPS) is 20.1. The van der Waals surface area contributed by atoms with Gasteiger partial charge >= 0.3 is 6.09 Å². The molecule has 1 saturated heterocycles. The molecule has 1 aliphatic heterocycles. The number of aromatic nitrogens is 3. The lowest BCUT2D eigenvalue weighted by molar-refractivity contribution is 0.0256. The smallest absolute Gasteiger partial charge is 0.410 e. The van der Waals surface area contributed by atoms with E-state index in [1.165, 1.54) is 6.33 Å². The summed E-state index contributed by atoms with van der Waals surface area (Å²) in [6, 6.07) is 0.391. The number of nitrogens with zero attached hydrogens (tertiary/aromatic N) is 3. The number of nitrogens with one attached hydrogen (secondary N) is 2. The van der Waals surface area contributed by atoms with Crippen molar-refractivity contribution >= 4 is 6.09 Å². The van der Waals surface area contributed by atoms with Crippen molar-refractivity contribution in [2.75, 3.05) is 13.1 Å². The van der Waals surface area contributed by atoms with E-state index in [1.54, 1.807) is 4.90 Å². The minimum atomic E-state index is -0.437. The molecule has 0 saturated carbocycles. The van der Waals surface area contributed by atoms with Crippen LogP contribution in [0.2, 0.25) is 0 Å². The molecule has 1 unspecified atom stereocenters. The fourth-order valence-electron chi connectivity index (χ4n) is 2.37. The van der Waals surface area contributed by atoms with Gasteiger partial charge in [0.05, 0.1) is 6.54 Å². The Morgan fingerprint density at radius 1 is 1.48 bits per heavy atom. The molecule has 7 heteroatoms. The molecule has 1 atom stereocenters. The second-order valence-corrected chi connectivity index (χ2v) is 6.41. The SMILES string of the molecule is CC(C)(C)OC(=O)N1CCCC(NCc2ncn[nH]2)CC1. The Morgan fingerprint density at radius 2 is 2.29 bits per heavy atom. The van der Waals surface area contributed by atoms with Gasteiger partial charge in [0.2, 0.25) is 0 Å². The Hall–Kier alpha value is -1.63. The quantitative estimate of drug-likeness (QED) is 0.886. The van der Waals surface area contributed by atoms with E-state index in [2.05, 4.69) is 20.5 Å². The fraction of sp³-hybridized carbons (Fsp3) is 0.786. The number of likely N-dealkylation sites (tertiary alicyclic amines) is 1. The van der Waals surface area contributed by atoms with Crippen LogP contribution in [-0.2, 0) is 11.3 Å². The van der Waals surface area contributed by atoms with Crippen molar-refractivity contribution in [2.24, 2.45) is 0 Å². The van der Waals surface area contributed by atoms with E-state index in [0.29, 0.717) is 12.6 Å². The number of rotatable bonds is 3. The van der Waals surface area contributed by atoms with Crippen molar-refractivity contribution in [1.29, 1.82) is 0 Å². The van der Waals surface area contributed by atoms with Gasteiger partial charge in [0, 0.05) is 19.1 Å². The van der Waals surface area contributed by atoms with Crippen LogP contribution in [-0.4, -0.2) is 50.9 Å². The van der Waals surface area contributed by atoms with Gasteiger partial charge in [-0.3, -0.25) is 5.10 Å². The third-order valence-corrected chi connectivity index (χ3v) is 3.40. The average molecular weight is 295 g/mol. The first-order valence-corrected chi connectivity index (χ1v) is 7.49. The maximum Gasteiger partial charge on any atom is 0.410 e. The van der Waals surface area contributed by atoms with Gasteiger partial charge in [-0.2, -0.15) is 5.10 Å². The molecule has 1 amide bonds. The number of H-pyrrole nitrogens is 1. The van der Waals surface area contributed by atoms with Crippen molar-refractivity contribution in [3.63, 3.8) is 0 Å². The predicted molar refractivity (Wildman–Crippen MR) is 78.7 cm³/mol. The highest BCUT2D eigenvalue weighted by Crippen LogP contribution is 2.15. The molecule has 118 valence electrons. The highest BCUT2D eigenvalue weighted by Gasteiger charge is 2.25. The fourth-order valence-corrected chi connectivity index (χ4v) is 2.37. The number of hydrogen-bond donors (Lipinski definition) is 2. The molecular formula is C14H25N5O2. The third kappa shape index (κ3) is 5.34. The summed E-state index contributed by atoms with van der Waals surface area (Å²) in [5.41, 5.74) is -0.437. The van der Waals surface area contributed by atoms with Crippen LogP contribution >= 0.6 is 0 Å². The van der Waals surface area contributed by atoms with Crippen LogP contribution in [0.4, 0.5) is 4.79 Å². The summed E-state index contributed by atoms with van der Waals surface area (Å²) < 4.78 is 5.43. The van der Waals surface area contributed by atoms with Gasteiger partial charge < -0.3 is 15.0 Å². The molecule has 0 bridgehead atoms. The number of carbonyl (C=O) groups excluding carboxylic acids is 1. The van der Waals surface area contributed by atoms with Crippen molar-refractivity contribution in [3.05, 3.63) is 12.2 Å². The molecule has 0 aromatic carbocycles. The number of carbonyl (C=O) groups is 1. The van der Waals surface area contributed by atoms with E-state index >= 15 is 0 Å². The first kappa shape index (κ1) is 15.8. The molecule has 7 nitrogen and oxygen atoms in total.